The van der Waals surface area contributed by atoms with Gasteiger partial charge in [-0.05, 0) is 38.1 Å². The maximum absolute atomic E-state index is 4.37. The number of para-hydroxylation sites is 1. The second-order valence-electron chi connectivity index (χ2n) is 5.17. The molecule has 1 fully saturated rings. The van der Waals surface area contributed by atoms with Gasteiger partial charge in [-0.3, -0.25) is 4.57 Å². The van der Waals surface area contributed by atoms with Gasteiger partial charge in [0.2, 0.25) is 0 Å². The summed E-state index contributed by atoms with van der Waals surface area (Å²) in [6, 6.07) is 10.3. The van der Waals surface area contributed by atoms with Crippen LogP contribution in [0.4, 0.5) is 0 Å². The van der Waals surface area contributed by atoms with Gasteiger partial charge in [0.05, 0.1) is 0 Å². The van der Waals surface area contributed by atoms with Crippen molar-refractivity contribution in [3.8, 4) is 5.69 Å². The smallest absolute Gasteiger partial charge is 0.143 e. The van der Waals surface area contributed by atoms with Gasteiger partial charge in [-0.1, -0.05) is 25.1 Å². The van der Waals surface area contributed by atoms with Crippen molar-refractivity contribution in [3.63, 3.8) is 0 Å². The lowest BCUT2D eigenvalue weighted by Crippen LogP contribution is -2.39. The van der Waals surface area contributed by atoms with Gasteiger partial charge in [0, 0.05) is 11.1 Å². The normalized spacial score (nSPS) is 18.7. The van der Waals surface area contributed by atoms with E-state index in [0.29, 0.717) is 0 Å². The monoisotopic (exact) mass is 242 g/mol. The van der Waals surface area contributed by atoms with Crippen LogP contribution in [0.5, 0.6) is 0 Å². The summed E-state index contributed by atoms with van der Waals surface area (Å²) in [5.74, 6) is 1.08. The van der Waals surface area contributed by atoms with Crippen molar-refractivity contribution < 1.29 is 0 Å². The van der Waals surface area contributed by atoms with E-state index >= 15 is 0 Å². The largest absolute Gasteiger partial charge is 0.317 e. The van der Waals surface area contributed by atoms with Crippen LogP contribution in [0.3, 0.4) is 0 Å². The van der Waals surface area contributed by atoms with E-state index in [2.05, 4.69) is 39.1 Å². The minimum atomic E-state index is 0.123. The van der Waals surface area contributed by atoms with Crippen molar-refractivity contribution >= 4 is 0 Å². The first-order valence-corrected chi connectivity index (χ1v) is 6.46. The van der Waals surface area contributed by atoms with Crippen LogP contribution in [0, 0.1) is 0 Å². The van der Waals surface area contributed by atoms with Gasteiger partial charge in [0.15, 0.2) is 0 Å². The van der Waals surface area contributed by atoms with Crippen molar-refractivity contribution in [2.45, 2.75) is 25.2 Å². The molecule has 0 unspecified atom stereocenters. The molecule has 1 aliphatic heterocycles. The molecule has 94 valence electrons. The van der Waals surface area contributed by atoms with E-state index in [1.807, 2.05) is 24.5 Å². The summed E-state index contributed by atoms with van der Waals surface area (Å²) < 4.78 is 2.12. The molecule has 3 rings (SSSR count). The Morgan fingerprint density at radius 1 is 1.17 bits per heavy atom. The summed E-state index contributed by atoms with van der Waals surface area (Å²) in [5, 5.41) is 11.9. The van der Waals surface area contributed by atoms with Crippen LogP contribution in [0.1, 0.15) is 25.6 Å². The molecule has 0 spiro atoms. The molecule has 18 heavy (non-hydrogen) atoms. The molecule has 1 N–H and O–H groups in total. The van der Waals surface area contributed by atoms with Crippen LogP contribution < -0.4 is 5.32 Å². The maximum atomic E-state index is 4.37. The van der Waals surface area contributed by atoms with E-state index in [1.165, 1.54) is 0 Å². The van der Waals surface area contributed by atoms with Gasteiger partial charge < -0.3 is 5.32 Å². The van der Waals surface area contributed by atoms with E-state index in [1.54, 1.807) is 0 Å². The van der Waals surface area contributed by atoms with Gasteiger partial charge in [0.1, 0.15) is 12.2 Å². The van der Waals surface area contributed by atoms with Crippen LogP contribution >= 0.6 is 0 Å². The SMILES string of the molecule is CC1(c2nncn2-c2ccccc2)CCNCC1. The number of rotatable bonds is 2. The van der Waals surface area contributed by atoms with Gasteiger partial charge >= 0.3 is 0 Å². The molecule has 2 aromatic rings. The highest BCUT2D eigenvalue weighted by Crippen LogP contribution is 2.32. The Kier molecular flexibility index (Phi) is 2.88. The molecule has 0 aliphatic carbocycles. The third-order valence-electron chi connectivity index (χ3n) is 3.83. The highest BCUT2D eigenvalue weighted by Gasteiger charge is 2.33. The second-order valence-corrected chi connectivity index (χ2v) is 5.17. The fourth-order valence-electron chi connectivity index (χ4n) is 2.63. The molecule has 1 aromatic heterocycles. The molecule has 0 saturated carbocycles. The van der Waals surface area contributed by atoms with E-state index in [0.717, 1.165) is 37.4 Å². The van der Waals surface area contributed by atoms with E-state index < -0.39 is 0 Å². The van der Waals surface area contributed by atoms with Crippen LogP contribution in [0.15, 0.2) is 36.7 Å². The third kappa shape index (κ3) is 1.93. The van der Waals surface area contributed by atoms with Gasteiger partial charge in [-0.25, -0.2) is 0 Å². The molecule has 0 radical (unpaired) electrons. The third-order valence-corrected chi connectivity index (χ3v) is 3.83. The fourth-order valence-corrected chi connectivity index (χ4v) is 2.63. The molecular weight excluding hydrogens is 224 g/mol. The lowest BCUT2D eigenvalue weighted by Gasteiger charge is -2.33. The summed E-state index contributed by atoms with van der Waals surface area (Å²) in [5.41, 5.74) is 1.26. The Bertz CT molecular complexity index is 512. The van der Waals surface area contributed by atoms with Crippen molar-refractivity contribution in [1.29, 1.82) is 0 Å². The van der Waals surface area contributed by atoms with Crippen molar-refractivity contribution in [2.75, 3.05) is 13.1 Å². The van der Waals surface area contributed by atoms with Gasteiger partial charge in [0.25, 0.3) is 0 Å². The first-order chi connectivity index (χ1) is 8.80. The number of hydrogen-bond donors (Lipinski definition) is 1. The number of aromatic nitrogens is 3. The zero-order valence-electron chi connectivity index (χ0n) is 10.6. The summed E-state index contributed by atoms with van der Waals surface area (Å²) in [6.45, 7) is 4.40. The highest BCUT2D eigenvalue weighted by atomic mass is 15.3. The first-order valence-electron chi connectivity index (χ1n) is 6.46. The quantitative estimate of drug-likeness (QED) is 0.874. The molecule has 1 aliphatic rings. The van der Waals surface area contributed by atoms with E-state index in [-0.39, 0.29) is 5.41 Å². The maximum Gasteiger partial charge on any atom is 0.143 e. The lowest BCUT2D eigenvalue weighted by atomic mass is 9.80. The summed E-state index contributed by atoms with van der Waals surface area (Å²) in [4.78, 5) is 0. The van der Waals surface area contributed by atoms with E-state index in [9.17, 15) is 0 Å². The van der Waals surface area contributed by atoms with Crippen LogP contribution in [-0.4, -0.2) is 27.9 Å². The van der Waals surface area contributed by atoms with Gasteiger partial charge in [-0.2, -0.15) is 0 Å². The standard InChI is InChI=1S/C14H18N4/c1-14(7-9-15-10-8-14)13-17-16-11-18(13)12-5-3-2-4-6-12/h2-6,11,15H,7-10H2,1H3. The molecule has 1 saturated heterocycles. The second kappa shape index (κ2) is 4.53. The van der Waals surface area contributed by atoms with E-state index in [4.69, 9.17) is 0 Å². The lowest BCUT2D eigenvalue weighted by molar-refractivity contribution is 0.315. The zero-order chi connectivity index (χ0) is 12.4. The molecule has 2 heterocycles. The molecule has 4 heteroatoms. The van der Waals surface area contributed by atoms with Crippen LogP contribution in [0.2, 0.25) is 0 Å². The highest BCUT2D eigenvalue weighted by molar-refractivity contribution is 5.33. The zero-order valence-corrected chi connectivity index (χ0v) is 10.6. The first kappa shape index (κ1) is 11.4. The molecule has 0 amide bonds. The molecule has 0 bridgehead atoms. The molecule has 1 aromatic carbocycles. The summed E-state index contributed by atoms with van der Waals surface area (Å²) in [6.07, 6.45) is 4.04. The molecule has 0 atom stereocenters. The Balaban J connectivity index is 2.01. The Morgan fingerprint density at radius 3 is 2.61 bits per heavy atom. The Hall–Kier alpha value is -1.68. The minimum absolute atomic E-state index is 0.123. The van der Waals surface area contributed by atoms with Crippen molar-refractivity contribution in [1.82, 2.24) is 20.1 Å². The van der Waals surface area contributed by atoms with Crippen molar-refractivity contribution in [3.05, 3.63) is 42.5 Å². The van der Waals surface area contributed by atoms with Crippen LogP contribution in [-0.2, 0) is 5.41 Å². The number of nitrogens with zero attached hydrogens (tertiary/aromatic N) is 3. The topological polar surface area (TPSA) is 42.7 Å². The predicted molar refractivity (Wildman–Crippen MR) is 70.8 cm³/mol. The Labute approximate surface area is 107 Å². The molecule has 4 nitrogen and oxygen atoms in total. The summed E-state index contributed by atoms with van der Waals surface area (Å²) >= 11 is 0. The number of benzene rings is 1. The van der Waals surface area contributed by atoms with Gasteiger partial charge in [-0.15, -0.1) is 10.2 Å². The fraction of sp³-hybridized carbons (Fsp3) is 0.429. The number of piperidine rings is 1. The molecular formula is C14H18N4. The Morgan fingerprint density at radius 2 is 1.89 bits per heavy atom. The number of hydrogen-bond acceptors (Lipinski definition) is 3. The average molecular weight is 242 g/mol. The number of nitrogens with one attached hydrogen (secondary N) is 1. The van der Waals surface area contributed by atoms with Crippen LogP contribution in [0.25, 0.3) is 5.69 Å². The average Bonchev–Trinajstić information content (AvgIpc) is 2.91. The minimum Gasteiger partial charge on any atom is -0.317 e. The summed E-state index contributed by atoms with van der Waals surface area (Å²) in [7, 11) is 0. The predicted octanol–water partition coefficient (Wildman–Crippen LogP) is 1.91. The van der Waals surface area contributed by atoms with Crippen molar-refractivity contribution in [2.24, 2.45) is 0 Å².